The normalized spacial score (nSPS) is 15.6. The van der Waals surface area contributed by atoms with Crippen LogP contribution < -0.4 is 0 Å². The summed E-state index contributed by atoms with van der Waals surface area (Å²) in [7, 11) is 2.10. The average Bonchev–Trinajstić information content (AvgIpc) is 3.15. The number of rotatable bonds is 5. The summed E-state index contributed by atoms with van der Waals surface area (Å²) in [4.78, 5) is 28.0. The zero-order valence-electron chi connectivity index (χ0n) is 16.1. The number of aryl methyl sites for hydroxylation is 1. The fourth-order valence-electron chi connectivity index (χ4n) is 3.48. The molecule has 7 heteroatoms. The Morgan fingerprint density at radius 3 is 2.68 bits per heavy atom. The lowest BCUT2D eigenvalue weighted by Crippen LogP contribution is -2.34. The second-order valence-corrected chi connectivity index (χ2v) is 7.34. The Bertz CT molecular complexity index is 959. The molecule has 0 aliphatic carbocycles. The first kappa shape index (κ1) is 18.4. The highest BCUT2D eigenvalue weighted by Crippen LogP contribution is 2.23. The van der Waals surface area contributed by atoms with Crippen LogP contribution in [0.3, 0.4) is 0 Å². The molecule has 0 unspecified atom stereocenters. The van der Waals surface area contributed by atoms with Gasteiger partial charge in [-0.15, -0.1) is 0 Å². The first-order chi connectivity index (χ1) is 13.6. The summed E-state index contributed by atoms with van der Waals surface area (Å²) in [6.07, 6.45) is 5.82. The summed E-state index contributed by atoms with van der Waals surface area (Å²) in [5.74, 6) is 1.54. The Balaban J connectivity index is 1.45. The minimum Gasteiger partial charge on any atom is -0.339 e. The van der Waals surface area contributed by atoms with E-state index < -0.39 is 0 Å². The van der Waals surface area contributed by atoms with Crippen molar-refractivity contribution in [1.29, 1.82) is 0 Å². The molecular formula is C21H23N5O2. The van der Waals surface area contributed by atoms with Gasteiger partial charge in [-0.2, -0.15) is 4.98 Å². The van der Waals surface area contributed by atoms with Crippen molar-refractivity contribution in [1.82, 2.24) is 25.0 Å². The smallest absolute Gasteiger partial charge is 0.223 e. The van der Waals surface area contributed by atoms with Crippen LogP contribution in [0.5, 0.6) is 0 Å². The monoisotopic (exact) mass is 377 g/mol. The summed E-state index contributed by atoms with van der Waals surface area (Å²) < 4.78 is 5.04. The van der Waals surface area contributed by atoms with Crippen molar-refractivity contribution < 1.29 is 9.32 Å². The van der Waals surface area contributed by atoms with E-state index in [0.717, 1.165) is 48.4 Å². The van der Waals surface area contributed by atoms with Crippen LogP contribution in [0.15, 0.2) is 41.2 Å². The molecule has 7 nitrogen and oxygen atoms in total. The molecule has 0 amide bonds. The average molecular weight is 377 g/mol. The minimum absolute atomic E-state index is 0.174. The van der Waals surface area contributed by atoms with E-state index in [1.807, 2.05) is 24.3 Å². The molecule has 3 aromatic heterocycles. The maximum absolute atomic E-state index is 12.6. The molecule has 0 atom stereocenters. The van der Waals surface area contributed by atoms with E-state index >= 15 is 0 Å². The summed E-state index contributed by atoms with van der Waals surface area (Å²) in [6.45, 7) is 3.75. The minimum atomic E-state index is 0.174. The highest BCUT2D eigenvalue weighted by molar-refractivity contribution is 5.83. The molecule has 28 heavy (non-hydrogen) atoms. The lowest BCUT2D eigenvalue weighted by Gasteiger charge is -2.27. The number of hydrogen-bond donors (Lipinski definition) is 0. The molecule has 0 saturated carbocycles. The van der Waals surface area contributed by atoms with E-state index in [0.29, 0.717) is 23.9 Å². The maximum Gasteiger partial charge on any atom is 0.223 e. The lowest BCUT2D eigenvalue weighted by atomic mass is 9.90. The predicted molar refractivity (Wildman–Crippen MR) is 104 cm³/mol. The van der Waals surface area contributed by atoms with Gasteiger partial charge in [0.25, 0.3) is 0 Å². The van der Waals surface area contributed by atoms with Gasteiger partial charge in [-0.25, -0.2) is 0 Å². The van der Waals surface area contributed by atoms with Gasteiger partial charge in [-0.1, -0.05) is 11.2 Å². The first-order valence-electron chi connectivity index (χ1n) is 9.52. The SMILES string of the molecule is Cc1nc(-c2ccnc(-c3ccc(CC(=O)C4CCN(C)CC4)cn3)c2)no1. The summed E-state index contributed by atoms with van der Waals surface area (Å²) in [6, 6.07) is 7.59. The van der Waals surface area contributed by atoms with Crippen LogP contribution in [0.25, 0.3) is 22.8 Å². The van der Waals surface area contributed by atoms with Crippen molar-refractivity contribution in [3.05, 3.63) is 48.1 Å². The predicted octanol–water partition coefficient (Wildman–Crippen LogP) is 2.96. The number of ketones is 1. The number of carbonyl (C=O) groups excluding carboxylic acids is 1. The molecular weight excluding hydrogens is 354 g/mol. The Morgan fingerprint density at radius 1 is 1.18 bits per heavy atom. The third-order valence-electron chi connectivity index (χ3n) is 5.19. The van der Waals surface area contributed by atoms with Gasteiger partial charge < -0.3 is 9.42 Å². The van der Waals surface area contributed by atoms with Crippen molar-refractivity contribution in [2.24, 2.45) is 5.92 Å². The molecule has 4 heterocycles. The number of aromatic nitrogens is 4. The highest BCUT2D eigenvalue weighted by atomic mass is 16.5. The molecule has 4 rings (SSSR count). The maximum atomic E-state index is 12.6. The second-order valence-electron chi connectivity index (χ2n) is 7.34. The van der Waals surface area contributed by atoms with E-state index in [4.69, 9.17) is 4.52 Å². The molecule has 0 radical (unpaired) electrons. The molecule has 3 aromatic rings. The molecule has 0 aromatic carbocycles. The number of piperidine rings is 1. The van der Waals surface area contributed by atoms with Crippen molar-refractivity contribution in [3.8, 4) is 22.8 Å². The Kier molecular flexibility index (Phi) is 5.25. The number of Topliss-reactive ketones (excluding diaryl/α,β-unsaturated/α-hetero) is 1. The van der Waals surface area contributed by atoms with Crippen molar-refractivity contribution >= 4 is 5.78 Å². The van der Waals surface area contributed by atoms with Gasteiger partial charge in [0.05, 0.1) is 11.4 Å². The Labute approximate surface area is 163 Å². The Morgan fingerprint density at radius 2 is 2.00 bits per heavy atom. The number of nitrogens with zero attached hydrogens (tertiary/aromatic N) is 5. The van der Waals surface area contributed by atoms with Gasteiger partial charge in [0.15, 0.2) is 0 Å². The van der Waals surface area contributed by atoms with E-state index in [1.54, 1.807) is 19.3 Å². The van der Waals surface area contributed by atoms with E-state index in [9.17, 15) is 4.79 Å². The number of pyridine rings is 2. The standard InChI is InChI=1S/C21H23N5O2/c1-14-24-21(25-28-14)17-5-8-22-19(12-17)18-4-3-15(13-23-18)11-20(27)16-6-9-26(2)10-7-16/h3-5,8,12-13,16H,6-7,9-11H2,1-2H3. The van der Waals surface area contributed by atoms with Crippen molar-refractivity contribution in [3.63, 3.8) is 0 Å². The number of hydrogen-bond acceptors (Lipinski definition) is 7. The Hall–Kier alpha value is -2.93. The van der Waals surface area contributed by atoms with E-state index in [2.05, 4.69) is 32.1 Å². The third-order valence-corrected chi connectivity index (χ3v) is 5.19. The molecule has 1 aliphatic heterocycles. The summed E-state index contributed by atoms with van der Waals surface area (Å²) in [5.41, 5.74) is 3.24. The van der Waals surface area contributed by atoms with E-state index in [1.165, 1.54) is 0 Å². The van der Waals surface area contributed by atoms with Gasteiger partial charge in [0.1, 0.15) is 5.78 Å². The largest absolute Gasteiger partial charge is 0.339 e. The topological polar surface area (TPSA) is 85.0 Å². The van der Waals surface area contributed by atoms with Crippen LogP contribution in [0.1, 0.15) is 24.3 Å². The zero-order valence-corrected chi connectivity index (χ0v) is 16.1. The first-order valence-corrected chi connectivity index (χ1v) is 9.52. The molecule has 1 aliphatic rings. The molecule has 144 valence electrons. The van der Waals surface area contributed by atoms with Gasteiger partial charge in [0.2, 0.25) is 11.7 Å². The molecule has 0 N–H and O–H groups in total. The molecule has 0 bridgehead atoms. The van der Waals surface area contributed by atoms with Gasteiger partial charge in [-0.3, -0.25) is 14.8 Å². The van der Waals surface area contributed by atoms with Crippen LogP contribution in [0.2, 0.25) is 0 Å². The van der Waals surface area contributed by atoms with Crippen LogP contribution in [-0.4, -0.2) is 50.9 Å². The van der Waals surface area contributed by atoms with Crippen molar-refractivity contribution in [2.75, 3.05) is 20.1 Å². The number of likely N-dealkylation sites (tertiary alicyclic amines) is 1. The van der Waals surface area contributed by atoms with Gasteiger partial charge in [-0.05, 0) is 56.7 Å². The fraction of sp³-hybridized carbons (Fsp3) is 0.381. The van der Waals surface area contributed by atoms with Gasteiger partial charge in [0, 0.05) is 37.2 Å². The van der Waals surface area contributed by atoms with Crippen LogP contribution >= 0.6 is 0 Å². The van der Waals surface area contributed by atoms with Crippen molar-refractivity contribution in [2.45, 2.75) is 26.2 Å². The third kappa shape index (κ3) is 4.14. The quantitative estimate of drug-likeness (QED) is 0.676. The fourth-order valence-corrected chi connectivity index (χ4v) is 3.48. The van der Waals surface area contributed by atoms with Crippen LogP contribution in [0, 0.1) is 12.8 Å². The molecule has 0 spiro atoms. The zero-order chi connectivity index (χ0) is 19.5. The summed E-state index contributed by atoms with van der Waals surface area (Å²) in [5, 5.41) is 3.94. The highest BCUT2D eigenvalue weighted by Gasteiger charge is 2.23. The van der Waals surface area contributed by atoms with Gasteiger partial charge >= 0.3 is 0 Å². The molecule has 1 fully saturated rings. The lowest BCUT2D eigenvalue weighted by molar-refractivity contribution is -0.123. The summed E-state index contributed by atoms with van der Waals surface area (Å²) >= 11 is 0. The van der Waals surface area contributed by atoms with E-state index in [-0.39, 0.29) is 5.92 Å². The van der Waals surface area contributed by atoms with Crippen LogP contribution in [0.4, 0.5) is 0 Å². The van der Waals surface area contributed by atoms with Crippen LogP contribution in [-0.2, 0) is 11.2 Å². The second kappa shape index (κ2) is 7.98. The molecule has 1 saturated heterocycles. The number of carbonyl (C=O) groups is 1.